The van der Waals surface area contributed by atoms with Crippen molar-refractivity contribution in [1.29, 1.82) is 0 Å². The number of amides is 2. The second-order valence-corrected chi connectivity index (χ2v) is 7.43. The van der Waals surface area contributed by atoms with Crippen LogP contribution in [0.5, 0.6) is 0 Å². The molecule has 4 N–H and O–H groups in total. The first kappa shape index (κ1) is 19.9. The molecule has 0 saturated heterocycles. The van der Waals surface area contributed by atoms with Crippen LogP contribution >= 0.6 is 23.2 Å². The molecule has 0 spiro atoms. The first-order chi connectivity index (χ1) is 14.4. The molecule has 2 heterocycles. The zero-order valence-electron chi connectivity index (χ0n) is 15.3. The van der Waals surface area contributed by atoms with Crippen molar-refractivity contribution < 1.29 is 9.59 Å². The third-order valence-electron chi connectivity index (χ3n) is 4.49. The topological polar surface area (TPSA) is 116 Å². The summed E-state index contributed by atoms with van der Waals surface area (Å²) in [5.41, 5.74) is 0.528. The van der Waals surface area contributed by atoms with Gasteiger partial charge in [-0.2, -0.15) is 4.98 Å². The third kappa shape index (κ3) is 4.14. The molecule has 1 aliphatic heterocycles. The number of H-pyrrole nitrogens is 1. The number of rotatable bonds is 4. The number of para-hydroxylation sites is 1. The van der Waals surface area contributed by atoms with E-state index in [2.05, 4.69) is 25.9 Å². The average molecular weight is 444 g/mol. The highest BCUT2D eigenvalue weighted by Gasteiger charge is 2.35. The van der Waals surface area contributed by atoms with Crippen molar-refractivity contribution in [2.75, 3.05) is 16.0 Å². The van der Waals surface area contributed by atoms with Crippen LogP contribution in [-0.4, -0.2) is 21.8 Å². The zero-order valence-corrected chi connectivity index (χ0v) is 16.8. The first-order valence-corrected chi connectivity index (χ1v) is 9.68. The molecule has 2 amide bonds. The van der Waals surface area contributed by atoms with Gasteiger partial charge in [-0.15, -0.1) is 0 Å². The van der Waals surface area contributed by atoms with E-state index in [1.165, 1.54) is 0 Å². The average Bonchev–Trinajstić information content (AvgIpc) is 2.68. The number of fused-ring (bicyclic) bond motifs is 1. The van der Waals surface area contributed by atoms with E-state index in [1.807, 2.05) is 0 Å². The molecule has 1 atom stereocenters. The predicted octanol–water partition coefficient (Wildman–Crippen LogP) is 3.88. The summed E-state index contributed by atoms with van der Waals surface area (Å²) in [6, 6.07) is 13.5. The Kier molecular flexibility index (Phi) is 5.43. The van der Waals surface area contributed by atoms with E-state index in [-0.39, 0.29) is 23.8 Å². The Bertz CT molecular complexity index is 1210. The van der Waals surface area contributed by atoms with Gasteiger partial charge in [-0.1, -0.05) is 41.4 Å². The van der Waals surface area contributed by atoms with Crippen LogP contribution in [0.1, 0.15) is 17.9 Å². The summed E-state index contributed by atoms with van der Waals surface area (Å²) in [6.07, 6.45) is -0.185. The summed E-state index contributed by atoms with van der Waals surface area (Å²) in [5.74, 6) is -1.83. The Morgan fingerprint density at radius 1 is 1.10 bits per heavy atom. The number of hydrogen-bond donors (Lipinski definition) is 4. The van der Waals surface area contributed by atoms with Crippen molar-refractivity contribution in [2.24, 2.45) is 0 Å². The summed E-state index contributed by atoms with van der Waals surface area (Å²) in [7, 11) is 0. The van der Waals surface area contributed by atoms with Gasteiger partial charge in [-0.25, -0.2) is 0 Å². The number of aromatic amines is 1. The highest BCUT2D eigenvalue weighted by Crippen LogP contribution is 2.31. The molecule has 30 heavy (non-hydrogen) atoms. The highest BCUT2D eigenvalue weighted by atomic mass is 35.5. The summed E-state index contributed by atoms with van der Waals surface area (Å²) in [4.78, 5) is 44.6. The van der Waals surface area contributed by atoms with E-state index in [9.17, 15) is 14.4 Å². The summed E-state index contributed by atoms with van der Waals surface area (Å²) in [6.45, 7) is 0. The maximum atomic E-state index is 12.8. The minimum atomic E-state index is -1.01. The van der Waals surface area contributed by atoms with Crippen LogP contribution in [0.4, 0.5) is 23.1 Å². The molecular weight excluding hydrogens is 429 g/mol. The predicted molar refractivity (Wildman–Crippen MR) is 116 cm³/mol. The lowest BCUT2D eigenvalue weighted by Crippen LogP contribution is -2.36. The van der Waals surface area contributed by atoms with Gasteiger partial charge in [-0.05, 0) is 30.3 Å². The Balaban J connectivity index is 1.65. The Morgan fingerprint density at radius 2 is 1.90 bits per heavy atom. The van der Waals surface area contributed by atoms with Gasteiger partial charge >= 0.3 is 0 Å². The molecule has 0 bridgehead atoms. The molecule has 3 aromatic rings. The number of carbonyl (C=O) groups excluding carboxylic acids is 2. The van der Waals surface area contributed by atoms with Gasteiger partial charge in [0.15, 0.2) is 0 Å². The van der Waals surface area contributed by atoms with Crippen LogP contribution in [0, 0.1) is 0 Å². The van der Waals surface area contributed by atoms with Gasteiger partial charge in [0.05, 0.1) is 22.2 Å². The lowest BCUT2D eigenvalue weighted by Gasteiger charge is -2.23. The van der Waals surface area contributed by atoms with E-state index < -0.39 is 23.3 Å². The van der Waals surface area contributed by atoms with Crippen molar-refractivity contribution in [3.63, 3.8) is 0 Å². The molecular formula is C20H15Cl2N5O3. The standard InChI is InChI=1S/C20H15Cl2N5O3/c21-10-4-3-5-11(8-10)23-20-26-17-16(19(30)27-20)12(9-15(28)25-17)18(29)24-14-7-2-1-6-13(14)22/h1-8,12H,9H2,(H,24,29)(H3,23,25,26,27,28,30)/t12-/m1/s1. The third-order valence-corrected chi connectivity index (χ3v) is 5.05. The monoisotopic (exact) mass is 443 g/mol. The molecule has 0 saturated carbocycles. The van der Waals surface area contributed by atoms with Gasteiger partial charge in [0.25, 0.3) is 5.56 Å². The second kappa shape index (κ2) is 8.17. The normalized spacial score (nSPS) is 15.1. The number of anilines is 4. The summed E-state index contributed by atoms with van der Waals surface area (Å²) >= 11 is 12.0. The quantitative estimate of drug-likeness (QED) is 0.488. The molecule has 1 aromatic heterocycles. The number of benzene rings is 2. The van der Waals surface area contributed by atoms with Gasteiger partial charge < -0.3 is 16.0 Å². The number of nitrogens with zero attached hydrogens (tertiary/aromatic N) is 1. The van der Waals surface area contributed by atoms with Gasteiger partial charge in [0.2, 0.25) is 17.8 Å². The van der Waals surface area contributed by atoms with Crippen molar-refractivity contribution in [1.82, 2.24) is 9.97 Å². The zero-order chi connectivity index (χ0) is 21.3. The van der Waals surface area contributed by atoms with Crippen molar-refractivity contribution in [2.45, 2.75) is 12.3 Å². The van der Waals surface area contributed by atoms with E-state index >= 15 is 0 Å². The number of nitrogens with one attached hydrogen (secondary N) is 4. The van der Waals surface area contributed by atoms with Crippen LogP contribution in [0.15, 0.2) is 53.3 Å². The maximum absolute atomic E-state index is 12.8. The fourth-order valence-electron chi connectivity index (χ4n) is 3.14. The summed E-state index contributed by atoms with van der Waals surface area (Å²) in [5, 5.41) is 9.00. The minimum absolute atomic E-state index is 0.0267. The Morgan fingerprint density at radius 3 is 2.67 bits per heavy atom. The van der Waals surface area contributed by atoms with Gasteiger partial charge in [-0.3, -0.25) is 19.4 Å². The fraction of sp³-hybridized carbons (Fsp3) is 0.100. The Labute approximate surface area is 180 Å². The number of aromatic nitrogens is 2. The molecule has 0 fully saturated rings. The molecule has 152 valence electrons. The molecule has 0 radical (unpaired) electrons. The summed E-state index contributed by atoms with van der Waals surface area (Å²) < 4.78 is 0. The largest absolute Gasteiger partial charge is 0.326 e. The van der Waals surface area contributed by atoms with Crippen molar-refractivity contribution in [3.8, 4) is 0 Å². The second-order valence-electron chi connectivity index (χ2n) is 6.59. The maximum Gasteiger partial charge on any atom is 0.258 e. The lowest BCUT2D eigenvalue weighted by molar-refractivity contribution is -0.123. The van der Waals surface area contributed by atoms with Gasteiger partial charge in [0.1, 0.15) is 5.82 Å². The van der Waals surface area contributed by atoms with E-state index in [1.54, 1.807) is 48.5 Å². The smallest absolute Gasteiger partial charge is 0.258 e. The van der Waals surface area contributed by atoms with Crippen LogP contribution in [0.2, 0.25) is 10.0 Å². The Hall–Kier alpha value is -3.36. The van der Waals surface area contributed by atoms with Gasteiger partial charge in [0, 0.05) is 17.1 Å². The number of carbonyl (C=O) groups is 2. The first-order valence-electron chi connectivity index (χ1n) is 8.93. The van der Waals surface area contributed by atoms with E-state index in [4.69, 9.17) is 23.2 Å². The molecule has 4 rings (SSSR count). The van der Waals surface area contributed by atoms with E-state index in [0.29, 0.717) is 21.4 Å². The van der Waals surface area contributed by atoms with E-state index in [0.717, 1.165) is 0 Å². The minimum Gasteiger partial charge on any atom is -0.326 e. The SMILES string of the molecule is O=C1C[C@@H](C(=O)Nc2ccccc2Cl)c2c(nc(Nc3cccc(Cl)c3)[nH]c2=O)N1. The highest BCUT2D eigenvalue weighted by molar-refractivity contribution is 6.33. The lowest BCUT2D eigenvalue weighted by atomic mass is 9.92. The van der Waals surface area contributed by atoms with Crippen molar-refractivity contribution >= 4 is 58.2 Å². The number of hydrogen-bond acceptors (Lipinski definition) is 5. The molecule has 8 nitrogen and oxygen atoms in total. The molecule has 1 aliphatic rings. The molecule has 0 aliphatic carbocycles. The van der Waals surface area contributed by atoms with Crippen LogP contribution in [0.3, 0.4) is 0 Å². The fourth-order valence-corrected chi connectivity index (χ4v) is 3.51. The molecule has 10 heteroatoms. The molecule has 0 unspecified atom stereocenters. The number of halogens is 2. The molecule has 2 aromatic carbocycles. The van der Waals surface area contributed by atoms with Crippen LogP contribution in [0.25, 0.3) is 0 Å². The van der Waals surface area contributed by atoms with Crippen LogP contribution < -0.4 is 21.5 Å². The van der Waals surface area contributed by atoms with Crippen molar-refractivity contribution in [3.05, 3.63) is 74.5 Å². The van der Waals surface area contributed by atoms with Crippen LogP contribution in [-0.2, 0) is 9.59 Å².